The zero-order valence-corrected chi connectivity index (χ0v) is 10.9. The predicted molar refractivity (Wildman–Crippen MR) is 75.4 cm³/mol. The van der Waals surface area contributed by atoms with E-state index in [1.807, 2.05) is 18.2 Å². The molecule has 96 valence electrons. The third-order valence-corrected chi connectivity index (χ3v) is 2.60. The Morgan fingerprint density at radius 2 is 1.89 bits per heavy atom. The number of rotatable bonds is 8. The molecule has 2 nitrogen and oxygen atoms in total. The van der Waals surface area contributed by atoms with Crippen LogP contribution in [0.15, 0.2) is 61.9 Å². The summed E-state index contributed by atoms with van der Waals surface area (Å²) >= 11 is 0. The van der Waals surface area contributed by atoms with Crippen LogP contribution in [0.3, 0.4) is 0 Å². The Hall–Kier alpha value is -1.80. The van der Waals surface area contributed by atoms with Crippen LogP contribution < -0.4 is 0 Å². The Bertz CT molecular complexity index is 404. The maximum absolute atomic E-state index is 5.67. The molecule has 1 rings (SSSR count). The van der Waals surface area contributed by atoms with Gasteiger partial charge >= 0.3 is 0 Å². The van der Waals surface area contributed by atoms with Gasteiger partial charge in [-0.15, -0.1) is 13.2 Å². The van der Waals surface area contributed by atoms with Gasteiger partial charge in [-0.1, -0.05) is 43.0 Å². The molecule has 0 N–H and O–H groups in total. The highest BCUT2D eigenvalue weighted by atomic mass is 16.5. The largest absolute Gasteiger partial charge is 0.499 e. The van der Waals surface area contributed by atoms with Crippen LogP contribution in [0, 0.1) is 0 Å². The second-order valence-corrected chi connectivity index (χ2v) is 3.91. The van der Waals surface area contributed by atoms with Crippen molar-refractivity contribution in [2.75, 3.05) is 13.7 Å². The molecule has 0 aliphatic heterocycles. The summed E-state index contributed by atoms with van der Waals surface area (Å²) in [4.78, 5) is 0. The van der Waals surface area contributed by atoms with Gasteiger partial charge in [-0.3, -0.25) is 0 Å². The molecule has 1 unspecified atom stereocenters. The molecule has 0 aliphatic carbocycles. The summed E-state index contributed by atoms with van der Waals surface area (Å²) in [6.45, 7) is 11.7. The summed E-state index contributed by atoms with van der Waals surface area (Å²) < 4.78 is 10.8. The van der Waals surface area contributed by atoms with Crippen LogP contribution in [0.4, 0.5) is 0 Å². The number of benzene rings is 1. The number of hydrogen-bond donors (Lipinski definition) is 0. The van der Waals surface area contributed by atoms with E-state index in [1.165, 1.54) is 5.56 Å². The predicted octanol–water partition coefficient (Wildman–Crippen LogP) is 3.82. The van der Waals surface area contributed by atoms with Crippen LogP contribution in [0.25, 0.3) is 0 Å². The maximum atomic E-state index is 5.67. The van der Waals surface area contributed by atoms with Crippen molar-refractivity contribution in [1.82, 2.24) is 0 Å². The van der Waals surface area contributed by atoms with E-state index in [0.717, 1.165) is 12.0 Å². The highest BCUT2D eigenvalue weighted by Gasteiger charge is 2.15. The first kappa shape index (κ1) is 14.3. The number of ether oxygens (including phenoxy) is 2. The first-order valence-corrected chi connectivity index (χ1v) is 5.88. The normalized spacial score (nSPS) is 11.6. The van der Waals surface area contributed by atoms with E-state index in [0.29, 0.717) is 12.4 Å². The minimum Gasteiger partial charge on any atom is -0.499 e. The molecule has 0 bridgehead atoms. The van der Waals surface area contributed by atoms with Gasteiger partial charge in [0.2, 0.25) is 0 Å². The van der Waals surface area contributed by atoms with Crippen molar-refractivity contribution in [3.8, 4) is 0 Å². The van der Waals surface area contributed by atoms with Gasteiger partial charge in [-0.05, 0) is 17.5 Å². The monoisotopic (exact) mass is 244 g/mol. The Kier molecular flexibility index (Phi) is 5.95. The van der Waals surface area contributed by atoms with Gasteiger partial charge in [-0.25, -0.2) is 0 Å². The molecule has 0 fully saturated rings. The quantitative estimate of drug-likeness (QED) is 0.511. The van der Waals surface area contributed by atoms with E-state index < -0.39 is 0 Å². The molecule has 1 atom stereocenters. The molecule has 0 spiro atoms. The first-order valence-electron chi connectivity index (χ1n) is 5.88. The van der Waals surface area contributed by atoms with Gasteiger partial charge in [0, 0.05) is 0 Å². The lowest BCUT2D eigenvalue weighted by Gasteiger charge is -2.19. The first-order chi connectivity index (χ1) is 8.72. The molecule has 0 saturated carbocycles. The summed E-state index contributed by atoms with van der Waals surface area (Å²) in [5.41, 5.74) is 2.25. The molecular formula is C16H20O2. The average molecular weight is 244 g/mol. The zero-order chi connectivity index (χ0) is 13.4. The minimum absolute atomic E-state index is 0.259. The van der Waals surface area contributed by atoms with E-state index in [1.54, 1.807) is 13.2 Å². The van der Waals surface area contributed by atoms with Crippen molar-refractivity contribution in [3.05, 3.63) is 73.0 Å². The standard InChI is InChI=1S/C16H20O2/c1-5-7-14-8-10-15(11-9-14)16(13(3)17-4)18-12-6-2/h5-6,8-11,16H,1-3,7,12H2,4H3. The summed E-state index contributed by atoms with van der Waals surface area (Å²) in [6.07, 6.45) is 4.20. The lowest BCUT2D eigenvalue weighted by Crippen LogP contribution is -2.08. The topological polar surface area (TPSA) is 18.5 Å². The number of hydrogen-bond acceptors (Lipinski definition) is 2. The van der Waals surface area contributed by atoms with Crippen LogP contribution in [-0.2, 0) is 15.9 Å². The minimum atomic E-state index is -0.259. The molecule has 2 heteroatoms. The van der Waals surface area contributed by atoms with Crippen molar-refractivity contribution < 1.29 is 9.47 Å². The fraction of sp³-hybridized carbons (Fsp3) is 0.250. The number of methoxy groups -OCH3 is 1. The van der Waals surface area contributed by atoms with E-state index >= 15 is 0 Å². The third-order valence-electron chi connectivity index (χ3n) is 2.60. The summed E-state index contributed by atoms with van der Waals surface area (Å²) in [7, 11) is 1.60. The average Bonchev–Trinajstić information content (AvgIpc) is 2.41. The Morgan fingerprint density at radius 1 is 1.22 bits per heavy atom. The summed E-state index contributed by atoms with van der Waals surface area (Å²) in [5, 5.41) is 0. The van der Waals surface area contributed by atoms with Gasteiger partial charge in [-0.2, -0.15) is 0 Å². The molecule has 0 aromatic heterocycles. The molecule has 0 aliphatic rings. The number of allylic oxidation sites excluding steroid dienone is 1. The lowest BCUT2D eigenvalue weighted by atomic mass is 10.0. The van der Waals surface area contributed by atoms with Gasteiger partial charge in [0.25, 0.3) is 0 Å². The van der Waals surface area contributed by atoms with Gasteiger partial charge in [0.1, 0.15) is 11.9 Å². The molecule has 0 saturated heterocycles. The molecular weight excluding hydrogens is 224 g/mol. The second kappa shape index (κ2) is 7.51. The highest BCUT2D eigenvalue weighted by Crippen LogP contribution is 2.25. The van der Waals surface area contributed by atoms with Crippen LogP contribution >= 0.6 is 0 Å². The molecule has 0 radical (unpaired) electrons. The summed E-state index contributed by atoms with van der Waals surface area (Å²) in [5.74, 6) is 0.591. The lowest BCUT2D eigenvalue weighted by molar-refractivity contribution is 0.0570. The SMILES string of the molecule is C=CCOC(C(=C)OC)c1ccc(CC=C)cc1. The Labute approximate surface area is 109 Å². The van der Waals surface area contributed by atoms with Gasteiger partial charge < -0.3 is 9.47 Å². The van der Waals surface area contributed by atoms with Crippen LogP contribution in [0.1, 0.15) is 17.2 Å². The molecule has 18 heavy (non-hydrogen) atoms. The van der Waals surface area contributed by atoms with Crippen molar-refractivity contribution in [3.63, 3.8) is 0 Å². The van der Waals surface area contributed by atoms with Crippen LogP contribution in [-0.4, -0.2) is 13.7 Å². The van der Waals surface area contributed by atoms with Crippen molar-refractivity contribution in [2.24, 2.45) is 0 Å². The van der Waals surface area contributed by atoms with Crippen molar-refractivity contribution in [1.29, 1.82) is 0 Å². The van der Waals surface area contributed by atoms with Crippen molar-refractivity contribution >= 4 is 0 Å². The maximum Gasteiger partial charge on any atom is 0.139 e. The van der Waals surface area contributed by atoms with Gasteiger partial charge in [0.05, 0.1) is 13.7 Å². The molecule has 1 aromatic rings. The summed E-state index contributed by atoms with van der Waals surface area (Å²) in [6, 6.07) is 8.17. The Morgan fingerprint density at radius 3 is 2.39 bits per heavy atom. The van der Waals surface area contributed by atoms with Gasteiger partial charge in [0.15, 0.2) is 0 Å². The second-order valence-electron chi connectivity index (χ2n) is 3.91. The fourth-order valence-corrected chi connectivity index (χ4v) is 1.64. The van der Waals surface area contributed by atoms with E-state index in [2.05, 4.69) is 31.9 Å². The molecule has 1 aromatic carbocycles. The van der Waals surface area contributed by atoms with Crippen LogP contribution in [0.5, 0.6) is 0 Å². The third kappa shape index (κ3) is 3.90. The highest BCUT2D eigenvalue weighted by molar-refractivity contribution is 5.28. The van der Waals surface area contributed by atoms with E-state index in [-0.39, 0.29) is 6.10 Å². The Balaban J connectivity index is 2.86. The molecule has 0 heterocycles. The van der Waals surface area contributed by atoms with Crippen molar-refractivity contribution in [2.45, 2.75) is 12.5 Å². The smallest absolute Gasteiger partial charge is 0.139 e. The van der Waals surface area contributed by atoms with E-state index in [9.17, 15) is 0 Å². The fourth-order valence-electron chi connectivity index (χ4n) is 1.64. The zero-order valence-electron chi connectivity index (χ0n) is 10.9. The molecule has 0 amide bonds. The van der Waals surface area contributed by atoms with Crippen LogP contribution in [0.2, 0.25) is 0 Å². The van der Waals surface area contributed by atoms with E-state index in [4.69, 9.17) is 9.47 Å².